The van der Waals surface area contributed by atoms with Crippen LogP contribution in [0.5, 0.6) is 5.75 Å². The third-order valence-corrected chi connectivity index (χ3v) is 3.75. The Morgan fingerprint density at radius 3 is 2.46 bits per heavy atom. The molecule has 1 aromatic heterocycles. The molecule has 3 aromatic rings. The van der Waals surface area contributed by atoms with Crippen molar-refractivity contribution in [1.29, 1.82) is 0 Å². The normalized spacial score (nSPS) is 11.7. The van der Waals surface area contributed by atoms with Gasteiger partial charge in [0.05, 0.1) is 5.52 Å². The molecular formula is C17H11ClF3NO2. The zero-order chi connectivity index (χ0) is 17.3. The number of fused-ring (bicyclic) bond motifs is 1. The molecular weight excluding hydrogens is 343 g/mol. The molecule has 0 aliphatic carbocycles. The van der Waals surface area contributed by atoms with Gasteiger partial charge in [-0.15, -0.1) is 13.2 Å². The van der Waals surface area contributed by atoms with Gasteiger partial charge in [0.25, 0.3) is 0 Å². The molecule has 0 saturated heterocycles. The van der Waals surface area contributed by atoms with E-state index in [1.54, 1.807) is 24.4 Å². The number of carbonyl (C=O) groups is 1. The van der Waals surface area contributed by atoms with Gasteiger partial charge in [-0.3, -0.25) is 4.79 Å². The number of alkyl halides is 3. The van der Waals surface area contributed by atoms with Gasteiger partial charge in [0.2, 0.25) is 0 Å². The van der Waals surface area contributed by atoms with Gasteiger partial charge >= 0.3 is 6.36 Å². The minimum Gasteiger partial charge on any atom is -0.406 e. The SMILES string of the molecule is O=Cc1cn(Cc2ccc(OC(F)(F)F)cc2)c2cc(Cl)ccc12. The number of halogens is 4. The molecule has 0 unspecified atom stereocenters. The monoisotopic (exact) mass is 353 g/mol. The second-order valence-electron chi connectivity index (χ2n) is 5.18. The molecule has 1 heterocycles. The molecule has 0 fully saturated rings. The molecule has 0 amide bonds. The highest BCUT2D eigenvalue weighted by Gasteiger charge is 2.30. The first-order valence-corrected chi connectivity index (χ1v) is 7.32. The molecule has 3 nitrogen and oxygen atoms in total. The quantitative estimate of drug-likeness (QED) is 0.614. The maximum Gasteiger partial charge on any atom is 0.573 e. The summed E-state index contributed by atoms with van der Waals surface area (Å²) in [5.74, 6) is -0.278. The Morgan fingerprint density at radius 2 is 1.83 bits per heavy atom. The zero-order valence-electron chi connectivity index (χ0n) is 12.2. The summed E-state index contributed by atoms with van der Waals surface area (Å²) in [6, 6.07) is 10.8. The van der Waals surface area contributed by atoms with Crippen LogP contribution in [0.15, 0.2) is 48.7 Å². The number of aromatic nitrogens is 1. The Kier molecular flexibility index (Phi) is 4.24. The summed E-state index contributed by atoms with van der Waals surface area (Å²) in [4.78, 5) is 11.2. The van der Waals surface area contributed by atoms with Crippen LogP contribution < -0.4 is 4.74 Å². The van der Waals surface area contributed by atoms with Crippen molar-refractivity contribution in [1.82, 2.24) is 4.57 Å². The molecule has 0 N–H and O–H groups in total. The third-order valence-electron chi connectivity index (χ3n) is 3.51. The number of ether oxygens (including phenoxy) is 1. The molecule has 7 heteroatoms. The highest BCUT2D eigenvalue weighted by Crippen LogP contribution is 2.26. The summed E-state index contributed by atoms with van der Waals surface area (Å²) in [6.07, 6.45) is -2.27. The van der Waals surface area contributed by atoms with Crippen molar-refractivity contribution < 1.29 is 22.7 Å². The molecule has 124 valence electrons. The van der Waals surface area contributed by atoms with Crippen molar-refractivity contribution in [3.05, 3.63) is 64.8 Å². The third kappa shape index (κ3) is 3.54. The average Bonchev–Trinajstić information content (AvgIpc) is 2.85. The highest BCUT2D eigenvalue weighted by molar-refractivity contribution is 6.31. The number of benzene rings is 2. The minimum atomic E-state index is -4.71. The van der Waals surface area contributed by atoms with Crippen LogP contribution in [-0.4, -0.2) is 17.2 Å². The Hall–Kier alpha value is -2.47. The first-order valence-electron chi connectivity index (χ1n) is 6.94. The molecule has 0 saturated carbocycles. The van der Waals surface area contributed by atoms with Crippen molar-refractivity contribution >= 4 is 28.8 Å². The number of aldehydes is 1. The van der Waals surface area contributed by atoms with Crippen molar-refractivity contribution in [3.63, 3.8) is 0 Å². The summed E-state index contributed by atoms with van der Waals surface area (Å²) in [5.41, 5.74) is 2.07. The molecule has 2 aromatic carbocycles. The Balaban J connectivity index is 1.90. The summed E-state index contributed by atoms with van der Waals surface area (Å²) in [5, 5.41) is 1.31. The van der Waals surface area contributed by atoms with E-state index in [0.29, 0.717) is 17.1 Å². The standard InChI is InChI=1S/C17H11ClF3NO2/c18-13-3-6-15-12(10-23)9-22(16(15)7-13)8-11-1-4-14(5-2-11)24-17(19,20)21/h1-7,9-10H,8H2. The second kappa shape index (κ2) is 6.20. The van der Waals surface area contributed by atoms with Gasteiger partial charge in [0, 0.05) is 28.7 Å². The fraction of sp³-hybridized carbons (Fsp3) is 0.118. The van der Waals surface area contributed by atoms with Gasteiger partial charge < -0.3 is 9.30 Å². The predicted octanol–water partition coefficient (Wildman–Crippen LogP) is 5.05. The first kappa shape index (κ1) is 16.4. The topological polar surface area (TPSA) is 31.2 Å². The molecule has 0 bridgehead atoms. The molecule has 0 radical (unpaired) electrons. The predicted molar refractivity (Wildman–Crippen MR) is 84.6 cm³/mol. The fourth-order valence-corrected chi connectivity index (χ4v) is 2.68. The van der Waals surface area contributed by atoms with Crippen LogP contribution in [0.1, 0.15) is 15.9 Å². The number of carbonyl (C=O) groups excluding carboxylic acids is 1. The molecule has 0 atom stereocenters. The van der Waals surface area contributed by atoms with E-state index in [0.717, 1.165) is 22.8 Å². The summed E-state index contributed by atoms with van der Waals surface area (Å²) in [6.45, 7) is 0.386. The Morgan fingerprint density at radius 1 is 1.12 bits per heavy atom. The average molecular weight is 354 g/mol. The van der Waals surface area contributed by atoms with Crippen LogP contribution in [0.4, 0.5) is 13.2 Å². The van der Waals surface area contributed by atoms with Gasteiger partial charge in [0.1, 0.15) is 5.75 Å². The van der Waals surface area contributed by atoms with Crippen LogP contribution in [-0.2, 0) is 6.54 Å². The zero-order valence-corrected chi connectivity index (χ0v) is 12.9. The van der Waals surface area contributed by atoms with Crippen LogP contribution >= 0.6 is 11.6 Å². The van der Waals surface area contributed by atoms with Gasteiger partial charge in [-0.25, -0.2) is 0 Å². The summed E-state index contributed by atoms with van der Waals surface area (Å²) < 4.78 is 42.2. The number of rotatable bonds is 4. The van der Waals surface area contributed by atoms with Gasteiger partial charge in [0.15, 0.2) is 6.29 Å². The molecule has 3 rings (SSSR count). The van der Waals surface area contributed by atoms with Gasteiger partial charge in [-0.1, -0.05) is 29.8 Å². The van der Waals surface area contributed by atoms with Gasteiger partial charge in [-0.05, 0) is 29.8 Å². The molecule has 0 aliphatic heterocycles. The largest absolute Gasteiger partial charge is 0.573 e. The molecule has 0 spiro atoms. The fourth-order valence-electron chi connectivity index (χ4n) is 2.51. The lowest BCUT2D eigenvalue weighted by molar-refractivity contribution is -0.274. The van der Waals surface area contributed by atoms with Crippen LogP contribution in [0.2, 0.25) is 5.02 Å². The van der Waals surface area contributed by atoms with Gasteiger partial charge in [-0.2, -0.15) is 0 Å². The lowest BCUT2D eigenvalue weighted by Gasteiger charge is -2.10. The molecule has 0 aliphatic rings. The van der Waals surface area contributed by atoms with E-state index < -0.39 is 6.36 Å². The van der Waals surface area contributed by atoms with Crippen molar-refractivity contribution in [2.45, 2.75) is 12.9 Å². The van der Waals surface area contributed by atoms with E-state index >= 15 is 0 Å². The Bertz CT molecular complexity index is 885. The van der Waals surface area contributed by atoms with Crippen LogP contribution in [0.25, 0.3) is 10.9 Å². The molecule has 24 heavy (non-hydrogen) atoms. The van der Waals surface area contributed by atoms with Crippen LogP contribution in [0.3, 0.4) is 0 Å². The summed E-state index contributed by atoms with van der Waals surface area (Å²) >= 11 is 6.00. The lowest BCUT2D eigenvalue weighted by Crippen LogP contribution is -2.17. The number of hydrogen-bond acceptors (Lipinski definition) is 2. The second-order valence-corrected chi connectivity index (χ2v) is 5.62. The van der Waals surface area contributed by atoms with Crippen LogP contribution in [0, 0.1) is 0 Å². The van der Waals surface area contributed by atoms with E-state index in [1.165, 1.54) is 24.3 Å². The highest BCUT2D eigenvalue weighted by atomic mass is 35.5. The number of nitrogens with zero attached hydrogens (tertiary/aromatic N) is 1. The minimum absolute atomic E-state index is 0.278. The smallest absolute Gasteiger partial charge is 0.406 e. The van der Waals surface area contributed by atoms with E-state index in [4.69, 9.17) is 11.6 Å². The van der Waals surface area contributed by atoms with E-state index in [1.807, 2.05) is 4.57 Å². The maximum absolute atomic E-state index is 12.2. The summed E-state index contributed by atoms with van der Waals surface area (Å²) in [7, 11) is 0. The Labute approximate surface area is 140 Å². The lowest BCUT2D eigenvalue weighted by atomic mass is 10.2. The maximum atomic E-state index is 12.2. The van der Waals surface area contributed by atoms with E-state index in [9.17, 15) is 18.0 Å². The van der Waals surface area contributed by atoms with E-state index in [-0.39, 0.29) is 5.75 Å². The first-order chi connectivity index (χ1) is 11.4. The van der Waals surface area contributed by atoms with Crippen molar-refractivity contribution in [2.24, 2.45) is 0 Å². The van der Waals surface area contributed by atoms with E-state index in [2.05, 4.69) is 4.74 Å². The van der Waals surface area contributed by atoms with Crippen molar-refractivity contribution in [3.8, 4) is 5.75 Å². The number of hydrogen-bond donors (Lipinski definition) is 0. The van der Waals surface area contributed by atoms with Crippen molar-refractivity contribution in [2.75, 3.05) is 0 Å².